The SMILES string of the molecule is CCOC(=O)[C@@H]1CCC[NH+]1Cc1ccccc1. The first-order chi connectivity index (χ1) is 8.31. The molecule has 1 aromatic carbocycles. The minimum Gasteiger partial charge on any atom is -0.462 e. The molecule has 0 bridgehead atoms. The molecule has 2 atom stereocenters. The average Bonchev–Trinajstić information content (AvgIpc) is 2.79. The summed E-state index contributed by atoms with van der Waals surface area (Å²) in [6, 6.07) is 10.4. The number of benzene rings is 1. The summed E-state index contributed by atoms with van der Waals surface area (Å²) in [6.45, 7) is 4.33. The summed E-state index contributed by atoms with van der Waals surface area (Å²) in [5.74, 6) is -0.0315. The molecule has 1 aliphatic heterocycles. The monoisotopic (exact) mass is 234 g/mol. The molecule has 92 valence electrons. The normalized spacial score (nSPS) is 23.6. The number of hydrogen-bond donors (Lipinski definition) is 1. The Labute approximate surface area is 102 Å². The zero-order valence-electron chi connectivity index (χ0n) is 10.3. The third-order valence-corrected chi connectivity index (χ3v) is 3.33. The summed E-state index contributed by atoms with van der Waals surface area (Å²) < 4.78 is 5.13. The fraction of sp³-hybridized carbons (Fsp3) is 0.500. The fourth-order valence-electron chi connectivity index (χ4n) is 2.51. The van der Waals surface area contributed by atoms with Gasteiger partial charge in [0, 0.05) is 18.4 Å². The van der Waals surface area contributed by atoms with Gasteiger partial charge in [-0.25, -0.2) is 4.79 Å². The van der Waals surface area contributed by atoms with E-state index in [1.54, 1.807) is 0 Å². The Morgan fingerprint density at radius 1 is 1.41 bits per heavy atom. The number of esters is 1. The number of quaternary nitrogens is 1. The van der Waals surface area contributed by atoms with Crippen molar-refractivity contribution in [2.75, 3.05) is 13.2 Å². The highest BCUT2D eigenvalue weighted by atomic mass is 16.5. The number of hydrogen-bond acceptors (Lipinski definition) is 2. The van der Waals surface area contributed by atoms with Gasteiger partial charge in [0.15, 0.2) is 6.04 Å². The van der Waals surface area contributed by atoms with Gasteiger partial charge in [-0.1, -0.05) is 30.3 Å². The van der Waals surface area contributed by atoms with Crippen LogP contribution in [0.1, 0.15) is 25.3 Å². The van der Waals surface area contributed by atoms with E-state index in [1.807, 2.05) is 25.1 Å². The van der Waals surface area contributed by atoms with Crippen molar-refractivity contribution in [1.82, 2.24) is 0 Å². The van der Waals surface area contributed by atoms with Crippen molar-refractivity contribution in [3.8, 4) is 0 Å². The second kappa shape index (κ2) is 5.82. The Kier molecular flexibility index (Phi) is 4.15. The van der Waals surface area contributed by atoms with Crippen molar-refractivity contribution in [3.05, 3.63) is 35.9 Å². The summed E-state index contributed by atoms with van der Waals surface area (Å²) in [6.07, 6.45) is 2.08. The first-order valence-corrected chi connectivity index (χ1v) is 6.36. The molecule has 0 amide bonds. The van der Waals surface area contributed by atoms with Crippen LogP contribution in [0.15, 0.2) is 30.3 Å². The smallest absolute Gasteiger partial charge is 0.364 e. The summed E-state index contributed by atoms with van der Waals surface area (Å²) in [7, 11) is 0. The second-order valence-corrected chi connectivity index (χ2v) is 4.52. The van der Waals surface area contributed by atoms with Crippen molar-refractivity contribution in [2.45, 2.75) is 32.4 Å². The van der Waals surface area contributed by atoms with Crippen LogP contribution in [0.5, 0.6) is 0 Å². The van der Waals surface area contributed by atoms with E-state index in [-0.39, 0.29) is 12.0 Å². The predicted octanol–water partition coefficient (Wildman–Crippen LogP) is 0.797. The second-order valence-electron chi connectivity index (χ2n) is 4.52. The summed E-state index contributed by atoms with van der Waals surface area (Å²) >= 11 is 0. The maximum absolute atomic E-state index is 11.8. The molecule has 0 aliphatic carbocycles. The highest BCUT2D eigenvalue weighted by molar-refractivity contribution is 5.74. The van der Waals surface area contributed by atoms with E-state index >= 15 is 0 Å². The molecular weight excluding hydrogens is 214 g/mol. The molecule has 1 aromatic rings. The van der Waals surface area contributed by atoms with Gasteiger partial charge < -0.3 is 9.64 Å². The highest BCUT2D eigenvalue weighted by Gasteiger charge is 2.35. The molecule has 1 unspecified atom stereocenters. The van der Waals surface area contributed by atoms with Gasteiger partial charge in [0.2, 0.25) is 0 Å². The van der Waals surface area contributed by atoms with Gasteiger partial charge in [0.05, 0.1) is 13.2 Å². The number of carbonyl (C=O) groups excluding carboxylic acids is 1. The van der Waals surface area contributed by atoms with Crippen LogP contribution < -0.4 is 4.90 Å². The molecular formula is C14H20NO2+. The molecule has 17 heavy (non-hydrogen) atoms. The van der Waals surface area contributed by atoms with E-state index in [9.17, 15) is 4.79 Å². The van der Waals surface area contributed by atoms with E-state index in [0.717, 1.165) is 25.9 Å². The van der Waals surface area contributed by atoms with Crippen LogP contribution in [-0.4, -0.2) is 25.2 Å². The van der Waals surface area contributed by atoms with E-state index in [2.05, 4.69) is 12.1 Å². The van der Waals surface area contributed by atoms with Gasteiger partial charge in [-0.05, 0) is 6.92 Å². The Morgan fingerprint density at radius 3 is 2.88 bits per heavy atom. The van der Waals surface area contributed by atoms with Gasteiger partial charge in [-0.15, -0.1) is 0 Å². The predicted molar refractivity (Wildman–Crippen MR) is 65.6 cm³/mol. The maximum Gasteiger partial charge on any atom is 0.364 e. The minimum absolute atomic E-state index is 0.0315. The lowest BCUT2D eigenvalue weighted by Gasteiger charge is -2.19. The zero-order chi connectivity index (χ0) is 12.1. The average molecular weight is 234 g/mol. The van der Waals surface area contributed by atoms with Crippen LogP contribution >= 0.6 is 0 Å². The molecule has 0 spiro atoms. The Bertz CT molecular complexity index is 364. The van der Waals surface area contributed by atoms with Gasteiger partial charge in [-0.2, -0.15) is 0 Å². The van der Waals surface area contributed by atoms with Crippen molar-refractivity contribution in [2.24, 2.45) is 0 Å². The molecule has 2 rings (SSSR count). The topological polar surface area (TPSA) is 30.7 Å². The first kappa shape index (κ1) is 12.1. The van der Waals surface area contributed by atoms with Crippen LogP contribution in [0.4, 0.5) is 0 Å². The largest absolute Gasteiger partial charge is 0.462 e. The summed E-state index contributed by atoms with van der Waals surface area (Å²) in [4.78, 5) is 13.1. The van der Waals surface area contributed by atoms with Crippen LogP contribution in [0, 0.1) is 0 Å². The van der Waals surface area contributed by atoms with E-state index in [1.165, 1.54) is 10.5 Å². The lowest BCUT2D eigenvalue weighted by atomic mass is 10.2. The van der Waals surface area contributed by atoms with E-state index < -0.39 is 0 Å². The molecule has 3 heteroatoms. The standard InChI is InChI=1S/C14H19NO2/c1-2-17-14(16)13-9-6-10-15(13)11-12-7-4-3-5-8-12/h3-5,7-8,13H,2,6,9-11H2,1H3/p+1/t13-/m0/s1. The Hall–Kier alpha value is -1.35. The Morgan fingerprint density at radius 2 is 2.18 bits per heavy atom. The quantitative estimate of drug-likeness (QED) is 0.781. The fourth-order valence-corrected chi connectivity index (χ4v) is 2.51. The Balaban J connectivity index is 1.98. The molecule has 0 radical (unpaired) electrons. The van der Waals surface area contributed by atoms with Gasteiger partial charge >= 0.3 is 5.97 Å². The number of rotatable bonds is 4. The molecule has 1 fully saturated rings. The summed E-state index contributed by atoms with van der Waals surface area (Å²) in [5.41, 5.74) is 1.29. The number of nitrogens with one attached hydrogen (secondary N) is 1. The molecule has 1 N–H and O–H groups in total. The van der Waals surface area contributed by atoms with Crippen LogP contribution in [-0.2, 0) is 16.1 Å². The van der Waals surface area contributed by atoms with Crippen molar-refractivity contribution >= 4 is 5.97 Å². The number of carbonyl (C=O) groups is 1. The van der Waals surface area contributed by atoms with E-state index in [4.69, 9.17) is 4.74 Å². The van der Waals surface area contributed by atoms with Gasteiger partial charge in [0.25, 0.3) is 0 Å². The molecule has 0 aromatic heterocycles. The van der Waals surface area contributed by atoms with Crippen molar-refractivity contribution < 1.29 is 14.4 Å². The van der Waals surface area contributed by atoms with Crippen molar-refractivity contribution in [3.63, 3.8) is 0 Å². The molecule has 1 aliphatic rings. The number of likely N-dealkylation sites (tertiary alicyclic amines) is 1. The lowest BCUT2D eigenvalue weighted by Crippen LogP contribution is -3.13. The lowest BCUT2D eigenvalue weighted by molar-refractivity contribution is -0.917. The molecule has 1 saturated heterocycles. The van der Waals surface area contributed by atoms with Crippen molar-refractivity contribution in [1.29, 1.82) is 0 Å². The third-order valence-electron chi connectivity index (χ3n) is 3.33. The first-order valence-electron chi connectivity index (χ1n) is 6.36. The maximum atomic E-state index is 11.8. The van der Waals surface area contributed by atoms with Crippen LogP contribution in [0.25, 0.3) is 0 Å². The summed E-state index contributed by atoms with van der Waals surface area (Å²) in [5, 5.41) is 0. The van der Waals surface area contributed by atoms with Gasteiger partial charge in [-0.3, -0.25) is 0 Å². The van der Waals surface area contributed by atoms with Gasteiger partial charge in [0.1, 0.15) is 6.54 Å². The van der Waals surface area contributed by atoms with Crippen LogP contribution in [0.2, 0.25) is 0 Å². The molecule has 3 nitrogen and oxygen atoms in total. The van der Waals surface area contributed by atoms with Crippen LogP contribution in [0.3, 0.4) is 0 Å². The minimum atomic E-state index is -0.0315. The zero-order valence-corrected chi connectivity index (χ0v) is 10.3. The molecule has 1 heterocycles. The molecule has 0 saturated carbocycles. The number of ether oxygens (including phenoxy) is 1. The highest BCUT2D eigenvalue weighted by Crippen LogP contribution is 2.04. The van der Waals surface area contributed by atoms with E-state index in [0.29, 0.717) is 6.61 Å². The third kappa shape index (κ3) is 3.07.